The van der Waals surface area contributed by atoms with E-state index in [1.54, 1.807) is 22.9 Å². The molecule has 0 atom stereocenters. The van der Waals surface area contributed by atoms with Crippen LogP contribution in [-0.2, 0) is 6.61 Å². The van der Waals surface area contributed by atoms with Crippen molar-refractivity contribution in [1.82, 2.24) is 9.38 Å². The van der Waals surface area contributed by atoms with Crippen molar-refractivity contribution in [1.29, 1.82) is 0 Å². The highest BCUT2D eigenvalue weighted by Gasteiger charge is 2.32. The van der Waals surface area contributed by atoms with Crippen LogP contribution in [0.15, 0.2) is 11.6 Å². The first-order valence-electron chi connectivity index (χ1n) is 5.83. The molecule has 0 aliphatic rings. The summed E-state index contributed by atoms with van der Waals surface area (Å²) in [5, 5.41) is 11.2. The molecule has 0 unspecified atom stereocenters. The van der Waals surface area contributed by atoms with Gasteiger partial charge in [-0.25, -0.2) is 4.98 Å². The lowest BCUT2D eigenvalue weighted by molar-refractivity contribution is -0.119. The molecule has 2 heterocycles. The number of fused-ring (bicyclic) bond motifs is 1. The summed E-state index contributed by atoms with van der Waals surface area (Å²) in [6, 6.07) is 0. The first-order chi connectivity index (χ1) is 8.96. The molecule has 106 valence electrons. The van der Waals surface area contributed by atoms with Gasteiger partial charge in [-0.3, -0.25) is 4.40 Å². The normalized spacial score (nSPS) is 12.3. The van der Waals surface area contributed by atoms with Crippen LogP contribution in [0.2, 0.25) is 0 Å². The minimum Gasteiger partial charge on any atom is -0.390 e. The van der Waals surface area contributed by atoms with Gasteiger partial charge in [-0.05, 0) is 6.42 Å². The highest BCUT2D eigenvalue weighted by atomic mass is 32.1. The van der Waals surface area contributed by atoms with E-state index in [4.69, 9.17) is 0 Å². The van der Waals surface area contributed by atoms with E-state index in [1.807, 2.05) is 0 Å². The van der Waals surface area contributed by atoms with Crippen LogP contribution in [0.1, 0.15) is 19.0 Å². The number of halogens is 3. The van der Waals surface area contributed by atoms with Crippen molar-refractivity contribution in [2.45, 2.75) is 26.1 Å². The van der Waals surface area contributed by atoms with Crippen LogP contribution in [0.5, 0.6) is 0 Å². The zero-order valence-corrected chi connectivity index (χ0v) is 11.1. The predicted molar refractivity (Wildman–Crippen MR) is 67.6 cm³/mol. The average Bonchev–Trinajstić information content (AvgIpc) is 2.85. The topological polar surface area (TPSA) is 40.8 Å². The maximum atomic E-state index is 12.6. The molecule has 0 aliphatic carbocycles. The van der Waals surface area contributed by atoms with Crippen LogP contribution in [0, 0.1) is 0 Å². The van der Waals surface area contributed by atoms with Gasteiger partial charge in [0.2, 0.25) is 0 Å². The molecule has 0 spiro atoms. The maximum absolute atomic E-state index is 12.6. The molecule has 0 saturated carbocycles. The van der Waals surface area contributed by atoms with Gasteiger partial charge in [-0.15, -0.1) is 11.3 Å². The van der Waals surface area contributed by atoms with Gasteiger partial charge < -0.3 is 10.0 Å². The number of aromatic nitrogens is 2. The predicted octanol–water partition coefficient (Wildman–Crippen LogP) is 2.67. The van der Waals surface area contributed by atoms with Crippen LogP contribution in [0.3, 0.4) is 0 Å². The minimum atomic E-state index is -4.29. The van der Waals surface area contributed by atoms with Crippen molar-refractivity contribution < 1.29 is 18.3 Å². The van der Waals surface area contributed by atoms with Crippen molar-refractivity contribution >= 4 is 22.1 Å². The number of thiazole rings is 1. The third-order valence-electron chi connectivity index (χ3n) is 2.65. The fraction of sp³-hybridized carbons (Fsp3) is 0.545. The van der Waals surface area contributed by atoms with Gasteiger partial charge in [0.1, 0.15) is 6.54 Å². The second-order valence-corrected chi connectivity index (χ2v) is 5.01. The van der Waals surface area contributed by atoms with Gasteiger partial charge in [-0.1, -0.05) is 6.92 Å². The summed E-state index contributed by atoms with van der Waals surface area (Å²) in [5.74, 6) is 0.216. The van der Waals surface area contributed by atoms with E-state index in [9.17, 15) is 18.3 Å². The molecule has 0 bridgehead atoms. The first kappa shape index (κ1) is 14.1. The third-order valence-corrected chi connectivity index (χ3v) is 3.41. The molecule has 0 saturated heterocycles. The number of nitrogens with zero attached hydrogens (tertiary/aromatic N) is 3. The lowest BCUT2D eigenvalue weighted by Crippen LogP contribution is -2.35. The summed E-state index contributed by atoms with van der Waals surface area (Å²) < 4.78 is 39.4. The fourth-order valence-electron chi connectivity index (χ4n) is 1.97. The number of hydrogen-bond acceptors (Lipinski definition) is 4. The average molecular weight is 293 g/mol. The zero-order valence-electron chi connectivity index (χ0n) is 10.3. The fourth-order valence-corrected chi connectivity index (χ4v) is 2.70. The number of hydrogen-bond donors (Lipinski definition) is 1. The Morgan fingerprint density at radius 2 is 2.21 bits per heavy atom. The number of rotatable bonds is 5. The molecule has 19 heavy (non-hydrogen) atoms. The molecule has 2 rings (SSSR count). The number of imidazole rings is 1. The van der Waals surface area contributed by atoms with Crippen molar-refractivity contribution in [3.8, 4) is 0 Å². The maximum Gasteiger partial charge on any atom is 0.405 e. The van der Waals surface area contributed by atoms with E-state index in [2.05, 4.69) is 4.98 Å². The molecular formula is C11H14F3N3OS. The Hall–Kier alpha value is -1.28. The number of anilines is 1. The Morgan fingerprint density at radius 3 is 2.79 bits per heavy atom. The van der Waals surface area contributed by atoms with E-state index in [0.29, 0.717) is 17.1 Å². The van der Waals surface area contributed by atoms with Crippen LogP contribution < -0.4 is 4.90 Å². The Kier molecular flexibility index (Phi) is 4.00. The summed E-state index contributed by atoms with van der Waals surface area (Å²) in [6.45, 7) is 0.655. The van der Waals surface area contributed by atoms with E-state index in [-0.39, 0.29) is 19.0 Å². The summed E-state index contributed by atoms with van der Waals surface area (Å²) in [6.07, 6.45) is -2.02. The molecule has 4 nitrogen and oxygen atoms in total. The minimum absolute atomic E-state index is 0.216. The van der Waals surface area contributed by atoms with Crippen LogP contribution in [0.25, 0.3) is 4.96 Å². The first-order valence-corrected chi connectivity index (χ1v) is 6.71. The second kappa shape index (κ2) is 5.38. The van der Waals surface area contributed by atoms with E-state index in [0.717, 1.165) is 0 Å². The summed E-state index contributed by atoms with van der Waals surface area (Å²) in [4.78, 5) is 5.95. The van der Waals surface area contributed by atoms with Crippen molar-refractivity contribution in [2.75, 3.05) is 18.0 Å². The second-order valence-electron chi connectivity index (χ2n) is 4.13. The van der Waals surface area contributed by atoms with E-state index >= 15 is 0 Å². The molecule has 1 N–H and O–H groups in total. The standard InChI is InChI=1S/C11H14F3N3OS/c1-2-3-16(7-11(12,13)14)9-8(6-18)17-4-5-19-10(17)15-9/h4-5,18H,2-3,6-7H2,1H3. The highest BCUT2D eigenvalue weighted by molar-refractivity contribution is 7.15. The highest BCUT2D eigenvalue weighted by Crippen LogP contribution is 2.27. The molecule has 8 heteroatoms. The van der Waals surface area contributed by atoms with Gasteiger partial charge in [0, 0.05) is 18.1 Å². The SMILES string of the molecule is CCCN(CC(F)(F)F)c1nc2sccn2c1CO. The third kappa shape index (κ3) is 3.01. The Morgan fingerprint density at radius 1 is 1.47 bits per heavy atom. The van der Waals surface area contributed by atoms with Gasteiger partial charge in [-0.2, -0.15) is 13.2 Å². The Labute approximate surface area is 112 Å². The van der Waals surface area contributed by atoms with Crippen LogP contribution >= 0.6 is 11.3 Å². The molecule has 0 radical (unpaired) electrons. The monoisotopic (exact) mass is 293 g/mol. The Balaban J connectivity index is 2.40. The lowest BCUT2D eigenvalue weighted by atomic mass is 10.3. The number of alkyl halides is 3. The molecule has 2 aromatic heterocycles. The zero-order chi connectivity index (χ0) is 14.0. The van der Waals surface area contributed by atoms with E-state index in [1.165, 1.54) is 16.2 Å². The number of aliphatic hydroxyl groups excluding tert-OH is 1. The van der Waals surface area contributed by atoms with Crippen molar-refractivity contribution in [3.05, 3.63) is 17.3 Å². The molecular weight excluding hydrogens is 279 g/mol. The van der Waals surface area contributed by atoms with E-state index < -0.39 is 12.7 Å². The smallest absolute Gasteiger partial charge is 0.390 e. The largest absolute Gasteiger partial charge is 0.405 e. The molecule has 0 aliphatic heterocycles. The van der Waals surface area contributed by atoms with Crippen molar-refractivity contribution in [3.63, 3.8) is 0 Å². The molecule has 2 aromatic rings. The molecule has 0 aromatic carbocycles. The summed E-state index contributed by atoms with van der Waals surface area (Å²) >= 11 is 1.32. The lowest BCUT2D eigenvalue weighted by Gasteiger charge is -2.24. The number of aliphatic hydroxyl groups is 1. The Bertz CT molecular complexity index is 549. The molecule has 0 amide bonds. The quantitative estimate of drug-likeness (QED) is 0.921. The van der Waals surface area contributed by atoms with Gasteiger partial charge in [0.05, 0.1) is 12.3 Å². The van der Waals surface area contributed by atoms with Gasteiger partial charge in [0.15, 0.2) is 10.8 Å². The van der Waals surface area contributed by atoms with Crippen LogP contribution in [0.4, 0.5) is 19.0 Å². The summed E-state index contributed by atoms with van der Waals surface area (Å²) in [5.41, 5.74) is 0.397. The molecule has 0 fully saturated rings. The summed E-state index contributed by atoms with van der Waals surface area (Å²) in [7, 11) is 0. The van der Waals surface area contributed by atoms with Crippen LogP contribution in [-0.4, -0.2) is 33.8 Å². The van der Waals surface area contributed by atoms with Gasteiger partial charge >= 0.3 is 6.18 Å². The van der Waals surface area contributed by atoms with Crippen molar-refractivity contribution in [2.24, 2.45) is 0 Å². The van der Waals surface area contributed by atoms with Gasteiger partial charge in [0.25, 0.3) is 0 Å².